The van der Waals surface area contributed by atoms with Gasteiger partial charge in [0.15, 0.2) is 0 Å². The molecule has 0 bridgehead atoms. The molecule has 1 aromatic carbocycles. The molecule has 2 atom stereocenters. The van der Waals surface area contributed by atoms with E-state index in [0.717, 1.165) is 5.56 Å². The zero-order valence-electron chi connectivity index (χ0n) is 9.30. The molecule has 0 aliphatic heterocycles. The Morgan fingerprint density at radius 1 is 1.31 bits per heavy atom. The fourth-order valence-corrected chi connectivity index (χ4v) is 1.93. The van der Waals surface area contributed by atoms with E-state index in [1.807, 2.05) is 13.8 Å². The SMILES string of the molecule is CC(N[C@H](C)CO)c1cc(Cl)c(N)c(Cl)c1. The molecule has 90 valence electrons. The maximum atomic E-state index is 8.95. The fourth-order valence-electron chi connectivity index (χ4n) is 1.43. The Labute approximate surface area is 106 Å². The molecule has 1 aromatic rings. The normalized spacial score (nSPS) is 14.8. The van der Waals surface area contributed by atoms with Crippen LogP contribution in [0.2, 0.25) is 10.0 Å². The Bertz CT molecular complexity index is 348. The van der Waals surface area contributed by atoms with Crippen molar-refractivity contribution in [2.45, 2.75) is 25.9 Å². The van der Waals surface area contributed by atoms with Crippen LogP contribution in [0.1, 0.15) is 25.5 Å². The van der Waals surface area contributed by atoms with Gasteiger partial charge < -0.3 is 16.2 Å². The van der Waals surface area contributed by atoms with Gasteiger partial charge in [0.05, 0.1) is 22.3 Å². The number of rotatable bonds is 4. The first kappa shape index (κ1) is 13.6. The van der Waals surface area contributed by atoms with E-state index in [4.69, 9.17) is 34.0 Å². The van der Waals surface area contributed by atoms with Gasteiger partial charge in [0, 0.05) is 12.1 Å². The lowest BCUT2D eigenvalue weighted by Crippen LogP contribution is -2.31. The van der Waals surface area contributed by atoms with Gasteiger partial charge >= 0.3 is 0 Å². The molecule has 0 saturated carbocycles. The van der Waals surface area contributed by atoms with E-state index in [0.29, 0.717) is 15.7 Å². The summed E-state index contributed by atoms with van der Waals surface area (Å²) in [4.78, 5) is 0. The topological polar surface area (TPSA) is 58.3 Å². The number of aliphatic hydroxyl groups excluding tert-OH is 1. The first-order valence-corrected chi connectivity index (χ1v) is 5.82. The fraction of sp³-hybridized carbons (Fsp3) is 0.455. The third kappa shape index (κ3) is 3.25. The Morgan fingerprint density at radius 3 is 2.25 bits per heavy atom. The lowest BCUT2D eigenvalue weighted by atomic mass is 10.1. The Hall–Kier alpha value is -0.480. The van der Waals surface area contributed by atoms with E-state index in [2.05, 4.69) is 5.32 Å². The number of anilines is 1. The summed E-state index contributed by atoms with van der Waals surface area (Å²) in [5, 5.41) is 13.1. The summed E-state index contributed by atoms with van der Waals surface area (Å²) in [6, 6.07) is 3.64. The van der Waals surface area contributed by atoms with Gasteiger partial charge in [0.2, 0.25) is 0 Å². The maximum Gasteiger partial charge on any atom is 0.0693 e. The largest absolute Gasteiger partial charge is 0.396 e. The number of hydrogen-bond acceptors (Lipinski definition) is 3. The molecular formula is C11H16Cl2N2O. The predicted octanol–water partition coefficient (Wildman–Crippen LogP) is 2.61. The van der Waals surface area contributed by atoms with Crippen LogP contribution in [0.5, 0.6) is 0 Å². The summed E-state index contributed by atoms with van der Waals surface area (Å²) in [5.74, 6) is 0. The number of benzene rings is 1. The van der Waals surface area contributed by atoms with Crippen LogP contribution in [0, 0.1) is 0 Å². The van der Waals surface area contributed by atoms with Crippen LogP contribution in [0.25, 0.3) is 0 Å². The van der Waals surface area contributed by atoms with Gasteiger partial charge in [-0.25, -0.2) is 0 Å². The highest BCUT2D eigenvalue weighted by molar-refractivity contribution is 6.38. The standard InChI is InChI=1S/C11H16Cl2N2O/c1-6(5-16)15-7(2)8-3-9(12)11(14)10(13)4-8/h3-4,6-7,15-16H,5,14H2,1-2H3/t6-,7?/m1/s1. The average molecular weight is 263 g/mol. The molecule has 1 unspecified atom stereocenters. The van der Waals surface area contributed by atoms with Crippen LogP contribution in [0.4, 0.5) is 5.69 Å². The molecule has 0 saturated heterocycles. The van der Waals surface area contributed by atoms with E-state index in [1.54, 1.807) is 12.1 Å². The van der Waals surface area contributed by atoms with Crippen LogP contribution >= 0.6 is 23.2 Å². The maximum absolute atomic E-state index is 8.95. The smallest absolute Gasteiger partial charge is 0.0693 e. The second-order valence-corrected chi connectivity index (χ2v) is 4.68. The quantitative estimate of drug-likeness (QED) is 0.732. The van der Waals surface area contributed by atoms with Gasteiger partial charge in [-0.05, 0) is 31.5 Å². The molecule has 3 nitrogen and oxygen atoms in total. The minimum atomic E-state index is 0.0186. The number of aliphatic hydroxyl groups is 1. The average Bonchev–Trinajstić information content (AvgIpc) is 2.24. The third-order valence-corrected chi connectivity index (χ3v) is 3.04. The monoisotopic (exact) mass is 262 g/mol. The highest BCUT2D eigenvalue weighted by Gasteiger charge is 2.12. The van der Waals surface area contributed by atoms with E-state index in [1.165, 1.54) is 0 Å². The van der Waals surface area contributed by atoms with Gasteiger partial charge in [-0.1, -0.05) is 23.2 Å². The number of halogens is 2. The van der Waals surface area contributed by atoms with Gasteiger partial charge in [-0.2, -0.15) is 0 Å². The molecule has 1 rings (SSSR count). The second-order valence-electron chi connectivity index (χ2n) is 3.87. The van der Waals surface area contributed by atoms with Crippen molar-refractivity contribution in [1.29, 1.82) is 0 Å². The first-order valence-electron chi connectivity index (χ1n) is 5.07. The number of nitrogen functional groups attached to an aromatic ring is 1. The van der Waals surface area contributed by atoms with Crippen LogP contribution in [0.3, 0.4) is 0 Å². The summed E-state index contributed by atoms with van der Waals surface area (Å²) < 4.78 is 0. The Kier molecular flexibility index (Phi) is 4.87. The van der Waals surface area contributed by atoms with Crippen LogP contribution < -0.4 is 11.1 Å². The lowest BCUT2D eigenvalue weighted by Gasteiger charge is -2.19. The molecular weight excluding hydrogens is 247 g/mol. The molecule has 16 heavy (non-hydrogen) atoms. The summed E-state index contributed by atoms with van der Waals surface area (Å²) in [7, 11) is 0. The van der Waals surface area contributed by atoms with Crippen LogP contribution in [0.15, 0.2) is 12.1 Å². The zero-order chi connectivity index (χ0) is 12.3. The van der Waals surface area contributed by atoms with Crippen molar-refractivity contribution in [3.05, 3.63) is 27.7 Å². The molecule has 0 fully saturated rings. The molecule has 0 amide bonds. The van der Waals surface area contributed by atoms with Gasteiger partial charge in [0.25, 0.3) is 0 Å². The molecule has 0 aromatic heterocycles. The van der Waals surface area contributed by atoms with Gasteiger partial charge in [0.1, 0.15) is 0 Å². The Morgan fingerprint density at radius 2 is 1.81 bits per heavy atom. The molecule has 0 radical (unpaired) electrons. The number of hydrogen-bond donors (Lipinski definition) is 3. The molecule has 0 aliphatic rings. The second kappa shape index (κ2) is 5.73. The van der Waals surface area contributed by atoms with E-state index >= 15 is 0 Å². The summed E-state index contributed by atoms with van der Waals surface area (Å²) in [5.41, 5.74) is 7.00. The van der Waals surface area contributed by atoms with Crippen LogP contribution in [-0.2, 0) is 0 Å². The van der Waals surface area contributed by atoms with Crippen molar-refractivity contribution in [2.75, 3.05) is 12.3 Å². The van der Waals surface area contributed by atoms with E-state index < -0.39 is 0 Å². The highest BCUT2D eigenvalue weighted by atomic mass is 35.5. The highest BCUT2D eigenvalue weighted by Crippen LogP contribution is 2.31. The molecule has 5 heteroatoms. The van der Waals surface area contributed by atoms with Crippen molar-refractivity contribution in [3.63, 3.8) is 0 Å². The van der Waals surface area contributed by atoms with Crippen molar-refractivity contribution >= 4 is 28.9 Å². The molecule has 0 heterocycles. The first-order chi connectivity index (χ1) is 7.45. The summed E-state index contributed by atoms with van der Waals surface area (Å²) in [6.07, 6.45) is 0. The minimum Gasteiger partial charge on any atom is -0.396 e. The summed E-state index contributed by atoms with van der Waals surface area (Å²) in [6.45, 7) is 3.96. The predicted molar refractivity (Wildman–Crippen MR) is 69.0 cm³/mol. The third-order valence-electron chi connectivity index (χ3n) is 2.41. The van der Waals surface area contributed by atoms with Crippen molar-refractivity contribution < 1.29 is 5.11 Å². The number of nitrogens with two attached hydrogens (primary N) is 1. The molecule has 0 spiro atoms. The molecule has 0 aliphatic carbocycles. The van der Waals surface area contributed by atoms with Gasteiger partial charge in [-0.15, -0.1) is 0 Å². The van der Waals surface area contributed by atoms with Crippen molar-refractivity contribution in [3.8, 4) is 0 Å². The lowest BCUT2D eigenvalue weighted by molar-refractivity contribution is 0.243. The summed E-state index contributed by atoms with van der Waals surface area (Å²) >= 11 is 11.9. The zero-order valence-corrected chi connectivity index (χ0v) is 10.8. The van der Waals surface area contributed by atoms with Crippen molar-refractivity contribution in [1.82, 2.24) is 5.32 Å². The van der Waals surface area contributed by atoms with Crippen molar-refractivity contribution in [2.24, 2.45) is 0 Å². The van der Waals surface area contributed by atoms with E-state index in [9.17, 15) is 0 Å². The number of nitrogens with one attached hydrogen (secondary N) is 1. The Balaban J connectivity index is 2.88. The van der Waals surface area contributed by atoms with Gasteiger partial charge in [-0.3, -0.25) is 0 Å². The minimum absolute atomic E-state index is 0.0186. The van der Waals surface area contributed by atoms with E-state index in [-0.39, 0.29) is 18.7 Å². The van der Waals surface area contributed by atoms with Crippen LogP contribution in [-0.4, -0.2) is 17.8 Å². The molecule has 4 N–H and O–H groups in total.